The van der Waals surface area contributed by atoms with E-state index in [2.05, 4.69) is 58.2 Å². The summed E-state index contributed by atoms with van der Waals surface area (Å²) in [5, 5.41) is -5.86. The van der Waals surface area contributed by atoms with Crippen LogP contribution in [0.2, 0.25) is 0 Å². The van der Waals surface area contributed by atoms with Crippen molar-refractivity contribution in [2.75, 3.05) is 39.2 Å². The third kappa shape index (κ3) is 124. The van der Waals surface area contributed by atoms with Gasteiger partial charge in [-0.2, -0.15) is 48.3 Å². The number of amides is 1. The molecule has 1 heterocycles. The SMILES string of the molecule is CC(=O)OC=C(F)Cl.CC=C(F)Cl.CCC=C(F)Cl.CCCCC(CC)COC=C(F)Cl.CCCCCCCCCCCCOC=C(F)Cl.CCCCOC=C(F)Cl.CCOC=C(F)Cl.CSC=C(F)Cl.FC(Cl)=CSc1ccccc1.FC(Cl)=Cc1ccccc1.O=C1CCCN1C=C(F)Cl. The topological polar surface area (TPSA) is 83.5 Å². The quantitative estimate of drug-likeness (QED) is 0.0234. The van der Waals surface area contributed by atoms with Crippen molar-refractivity contribution in [2.45, 2.75) is 182 Å². The summed E-state index contributed by atoms with van der Waals surface area (Å²) >= 11 is 55.8. The molecule has 1 saturated heterocycles. The molecule has 3 rings (SSSR count). The van der Waals surface area contributed by atoms with Gasteiger partial charge in [-0.3, -0.25) is 9.59 Å². The van der Waals surface area contributed by atoms with Crippen LogP contribution in [-0.4, -0.2) is 56.0 Å². The number of nitrogens with zero attached hydrogens (tertiary/aromatic N) is 1. The van der Waals surface area contributed by atoms with Gasteiger partial charge in [0.15, 0.2) is 26.4 Å². The molecule has 2 aromatic carbocycles. The Balaban J connectivity index is -0.000000161. The molecule has 1 atom stereocenters. The first-order valence-electron chi connectivity index (χ1n) is 31.6. The minimum atomic E-state index is -1.04. The molecule has 0 N–H and O–H groups in total. The number of unbranched alkanes of at least 4 members (excludes halogenated alkanes) is 11. The molecular weight excluding hydrogens is 1630 g/mol. The van der Waals surface area contributed by atoms with Gasteiger partial charge < -0.3 is 28.6 Å². The van der Waals surface area contributed by atoms with E-state index in [0.29, 0.717) is 58.0 Å². The van der Waals surface area contributed by atoms with Gasteiger partial charge >= 0.3 is 5.97 Å². The van der Waals surface area contributed by atoms with Crippen molar-refractivity contribution in [3.05, 3.63) is 185 Å². The molecule has 8 nitrogen and oxygen atoms in total. The van der Waals surface area contributed by atoms with Gasteiger partial charge in [-0.15, -0.1) is 11.8 Å². The number of likely N-dealkylation sites (tertiary alicyclic amines) is 1. The van der Waals surface area contributed by atoms with Crippen molar-refractivity contribution in [3.63, 3.8) is 0 Å². The number of hydrogen-bond acceptors (Lipinski definition) is 9. The van der Waals surface area contributed by atoms with Gasteiger partial charge in [0.1, 0.15) is 31.3 Å². The van der Waals surface area contributed by atoms with Crippen LogP contribution in [0.5, 0.6) is 0 Å². The van der Waals surface area contributed by atoms with Gasteiger partial charge in [-0.1, -0.05) is 236 Å². The van der Waals surface area contributed by atoms with Crippen molar-refractivity contribution < 1.29 is 81.6 Å². The molecular formula is C70H97Cl11F11NO7S2. The Kier molecular flexibility index (Phi) is 103. The summed E-state index contributed by atoms with van der Waals surface area (Å²) in [5.74, 6) is -0.135. The van der Waals surface area contributed by atoms with E-state index in [9.17, 15) is 57.9 Å². The Bertz CT molecular complexity index is 2560. The number of carbonyl (C=O) groups is 2. The number of allylic oxidation sites excluding steroid dienone is 2. The number of thioether (sulfide) groups is 2. The zero-order chi connectivity index (χ0) is 79.6. The van der Waals surface area contributed by atoms with Gasteiger partial charge in [0.05, 0.1) is 32.6 Å². The van der Waals surface area contributed by atoms with Crippen LogP contribution < -0.4 is 0 Å². The van der Waals surface area contributed by atoms with Crippen LogP contribution in [0.15, 0.2) is 184 Å². The normalized spacial score (nSPS) is 12.9. The molecule has 32 heteroatoms. The van der Waals surface area contributed by atoms with E-state index >= 15 is 0 Å². The fourth-order valence-corrected chi connectivity index (χ4v) is 7.83. The van der Waals surface area contributed by atoms with Crippen molar-refractivity contribution in [3.8, 4) is 0 Å². The summed E-state index contributed by atoms with van der Waals surface area (Å²) in [6.45, 7) is 17.5. The minimum absolute atomic E-state index is 0.0594. The fourth-order valence-electron chi connectivity index (χ4n) is 6.02. The molecule has 2 aromatic rings. The number of halogens is 22. The van der Waals surface area contributed by atoms with Gasteiger partial charge in [-0.05, 0) is 164 Å². The Labute approximate surface area is 662 Å². The van der Waals surface area contributed by atoms with E-state index in [1.807, 2.05) is 62.4 Å². The van der Waals surface area contributed by atoms with Crippen LogP contribution in [-0.2, 0) is 33.3 Å². The highest BCUT2D eigenvalue weighted by Gasteiger charge is 2.18. The van der Waals surface area contributed by atoms with Crippen molar-refractivity contribution in [2.24, 2.45) is 5.92 Å². The number of rotatable bonds is 32. The average Bonchev–Trinajstić information content (AvgIpc) is 1.77. The van der Waals surface area contributed by atoms with Crippen molar-refractivity contribution in [1.29, 1.82) is 0 Å². The van der Waals surface area contributed by atoms with E-state index in [1.54, 1.807) is 25.3 Å². The van der Waals surface area contributed by atoms with Crippen LogP contribution in [0.4, 0.5) is 48.3 Å². The maximum atomic E-state index is 12.0. The lowest BCUT2D eigenvalue weighted by Crippen LogP contribution is -2.17. The Morgan fingerprint density at radius 2 is 0.941 bits per heavy atom. The number of carbonyl (C=O) groups excluding carboxylic acids is 2. The molecule has 1 aliphatic heterocycles. The monoisotopic (exact) mass is 1720 g/mol. The predicted molar refractivity (Wildman–Crippen MR) is 416 cm³/mol. The van der Waals surface area contributed by atoms with E-state index < -0.39 is 64.1 Å². The molecule has 0 radical (unpaired) electrons. The fraction of sp³-hybridized carbons (Fsp3) is 0.486. The molecule has 590 valence electrons. The molecule has 0 bridgehead atoms. The Morgan fingerprint density at radius 3 is 1.25 bits per heavy atom. The Morgan fingerprint density at radius 1 is 0.510 bits per heavy atom. The lowest BCUT2D eigenvalue weighted by atomic mass is 10.0. The minimum Gasteiger partial charge on any atom is -0.497 e. The third-order valence-electron chi connectivity index (χ3n) is 10.5. The molecule has 0 aromatic heterocycles. The molecule has 1 aliphatic rings. The summed E-state index contributed by atoms with van der Waals surface area (Å²) in [5.41, 5.74) is 0.773. The zero-order valence-electron chi connectivity index (χ0n) is 58.6. The van der Waals surface area contributed by atoms with E-state index in [1.165, 1.54) is 129 Å². The lowest BCUT2D eigenvalue weighted by Gasteiger charge is -2.12. The zero-order valence-corrected chi connectivity index (χ0v) is 68.6. The second-order valence-corrected chi connectivity index (χ2v) is 24.7. The molecule has 102 heavy (non-hydrogen) atoms. The maximum Gasteiger partial charge on any atom is 0.307 e. The van der Waals surface area contributed by atoms with Crippen molar-refractivity contribution in [1.82, 2.24) is 4.90 Å². The van der Waals surface area contributed by atoms with Gasteiger partial charge in [0.25, 0.3) is 0 Å². The van der Waals surface area contributed by atoms with Gasteiger partial charge in [0, 0.05) is 35.6 Å². The van der Waals surface area contributed by atoms with Gasteiger partial charge in [0.2, 0.25) is 37.6 Å². The lowest BCUT2D eigenvalue weighted by molar-refractivity contribution is -0.135. The first kappa shape index (κ1) is 115. The third-order valence-corrected chi connectivity index (χ3v) is 13.3. The highest BCUT2D eigenvalue weighted by molar-refractivity contribution is 8.02. The number of esters is 1. The highest BCUT2D eigenvalue weighted by atomic mass is 35.5. The summed E-state index contributed by atoms with van der Waals surface area (Å²) in [6, 6.07) is 18.5. The average molecular weight is 1730 g/mol. The number of ether oxygens (including phenoxy) is 5. The first-order chi connectivity index (χ1) is 48.2. The second-order valence-electron chi connectivity index (χ2n) is 19.0. The molecule has 0 aliphatic carbocycles. The van der Waals surface area contributed by atoms with Crippen LogP contribution in [0, 0.1) is 5.92 Å². The molecule has 0 saturated carbocycles. The summed E-state index contributed by atoms with van der Waals surface area (Å²) in [7, 11) is 0. The number of benzene rings is 2. The van der Waals surface area contributed by atoms with Crippen molar-refractivity contribution >= 4 is 169 Å². The standard InChI is InChI=1S/C14H26ClFO.C10H18ClFO.C8H6ClFS.C8H6ClF.C6H7ClFNO.C6H10ClFO.C4H4ClFO2.C4H6ClFO.C4H6ClF.C3H4ClFS.C3H4ClF/c1-2-3-4-5-6-7-8-9-10-11-12-17-13-14(15)16;1-3-5-6-9(4-2)7-13-8-10(11)12;9-8(10)6-11-7-4-2-1-3-5-7;9-8(10)6-7-4-2-1-3-5-7;7-5(8)4-9-3-1-2-6(9)10;1-2-3-4-9-5-6(7)8;1-3(7)8-2-4(5)6;1-2-7-3-4(5)6;1-2-3-4(5)6;1-6-2-3(4)5;1-2-3(4)5/h13H,2-12H2,1H3;8-9H,3-7H2,1-2H3;1-6H;1-6H;4H,1-3H2;5H,2-4H2,1H3;2H,1H3;3H,2H2,1H3;3H,2H2,1H3;2H,1H3;2H,1H3. The summed E-state index contributed by atoms with van der Waals surface area (Å²) in [4.78, 5) is 22.9. The van der Waals surface area contributed by atoms with E-state index in [-0.39, 0.29) is 5.91 Å². The van der Waals surface area contributed by atoms with E-state index in [0.717, 1.165) is 93.6 Å². The summed E-state index contributed by atoms with van der Waals surface area (Å²) < 4.78 is 151. The van der Waals surface area contributed by atoms with Crippen LogP contribution >= 0.6 is 151 Å². The highest BCUT2D eigenvalue weighted by Crippen LogP contribution is 2.22. The van der Waals surface area contributed by atoms with E-state index in [4.69, 9.17) is 114 Å². The number of hydrogen-bond donors (Lipinski definition) is 0. The van der Waals surface area contributed by atoms with Crippen LogP contribution in [0.1, 0.15) is 183 Å². The largest absolute Gasteiger partial charge is 0.497 e. The second kappa shape index (κ2) is 92.0. The van der Waals surface area contributed by atoms with Crippen LogP contribution in [0.3, 0.4) is 0 Å². The molecule has 1 unspecified atom stereocenters. The van der Waals surface area contributed by atoms with Gasteiger partial charge in [-0.25, -0.2) is 0 Å². The first-order valence-corrected chi connectivity index (χ1v) is 37.9. The van der Waals surface area contributed by atoms with Crippen LogP contribution in [0.25, 0.3) is 6.08 Å². The summed E-state index contributed by atoms with van der Waals surface area (Å²) in [6.07, 6.45) is 32.2. The Hall–Kier alpha value is -3.16. The smallest absolute Gasteiger partial charge is 0.307 e. The predicted octanol–water partition coefficient (Wildman–Crippen LogP) is 32.0. The maximum absolute atomic E-state index is 12.0. The molecule has 1 amide bonds. The molecule has 0 spiro atoms. The molecule has 1 fully saturated rings.